The van der Waals surface area contributed by atoms with Gasteiger partial charge in [-0.3, -0.25) is 0 Å². The Kier molecular flexibility index (Phi) is 3.23. The first kappa shape index (κ1) is 12.0. The molecule has 0 aliphatic heterocycles. The maximum absolute atomic E-state index is 10.4. The summed E-state index contributed by atoms with van der Waals surface area (Å²) in [6, 6.07) is 6.06. The molecule has 0 saturated heterocycles. The van der Waals surface area contributed by atoms with Crippen LogP contribution in [0.3, 0.4) is 0 Å². The van der Waals surface area contributed by atoms with Crippen molar-refractivity contribution in [3.63, 3.8) is 0 Å². The molecule has 92 valence electrons. The summed E-state index contributed by atoms with van der Waals surface area (Å²) >= 11 is 0. The second-order valence-electron chi connectivity index (χ2n) is 4.08. The Balaban J connectivity index is 2.32. The van der Waals surface area contributed by atoms with Crippen LogP contribution in [0.25, 0.3) is 17.6 Å². The number of benzene rings is 1. The predicted octanol–water partition coefficient (Wildman–Crippen LogP) is 2.12. The van der Waals surface area contributed by atoms with E-state index in [4.69, 9.17) is 5.11 Å². The van der Waals surface area contributed by atoms with E-state index < -0.39 is 5.97 Å². The fourth-order valence-corrected chi connectivity index (χ4v) is 1.72. The van der Waals surface area contributed by atoms with Gasteiger partial charge in [0, 0.05) is 17.8 Å². The van der Waals surface area contributed by atoms with E-state index in [1.807, 2.05) is 26.0 Å². The molecule has 0 amide bonds. The molecule has 1 aromatic heterocycles. The average molecular weight is 243 g/mol. The van der Waals surface area contributed by atoms with E-state index in [1.165, 1.54) is 17.2 Å². The summed E-state index contributed by atoms with van der Waals surface area (Å²) in [5.41, 5.74) is 3.21. The van der Waals surface area contributed by atoms with E-state index in [1.54, 1.807) is 0 Å². The SMILES string of the molecule is Cc1cc(C)cc(-c2ncn(/C=C\C(=O)O)n2)c1. The lowest BCUT2D eigenvalue weighted by molar-refractivity contribution is -0.131. The second kappa shape index (κ2) is 4.83. The van der Waals surface area contributed by atoms with Gasteiger partial charge in [-0.25, -0.2) is 14.5 Å². The van der Waals surface area contributed by atoms with Crippen LogP contribution in [-0.2, 0) is 4.79 Å². The van der Waals surface area contributed by atoms with Crippen molar-refractivity contribution in [2.24, 2.45) is 0 Å². The maximum Gasteiger partial charge on any atom is 0.329 e. The topological polar surface area (TPSA) is 68.0 Å². The highest BCUT2D eigenvalue weighted by Crippen LogP contribution is 2.18. The standard InChI is InChI=1S/C13H13N3O2/c1-9-5-10(2)7-11(6-9)13-14-8-16(15-13)4-3-12(17)18/h3-8H,1-2H3,(H,17,18)/b4-3-. The Bertz CT molecular complexity index is 594. The summed E-state index contributed by atoms with van der Waals surface area (Å²) < 4.78 is 1.38. The van der Waals surface area contributed by atoms with Crippen LogP contribution in [0.5, 0.6) is 0 Å². The fraction of sp³-hybridized carbons (Fsp3) is 0.154. The van der Waals surface area contributed by atoms with Gasteiger partial charge in [-0.2, -0.15) is 0 Å². The van der Waals surface area contributed by atoms with Crippen molar-refractivity contribution in [1.29, 1.82) is 0 Å². The third-order valence-corrected chi connectivity index (χ3v) is 2.36. The van der Waals surface area contributed by atoms with Gasteiger partial charge in [0.2, 0.25) is 0 Å². The summed E-state index contributed by atoms with van der Waals surface area (Å²) in [6.07, 6.45) is 3.84. The van der Waals surface area contributed by atoms with Gasteiger partial charge in [0.1, 0.15) is 6.33 Å². The summed E-state index contributed by atoms with van der Waals surface area (Å²) in [6.45, 7) is 4.02. The molecule has 2 aromatic rings. The van der Waals surface area contributed by atoms with Gasteiger partial charge in [-0.05, 0) is 26.0 Å². The van der Waals surface area contributed by atoms with Crippen LogP contribution >= 0.6 is 0 Å². The molecule has 0 atom stereocenters. The molecular weight excluding hydrogens is 230 g/mol. The van der Waals surface area contributed by atoms with Crippen LogP contribution in [0.2, 0.25) is 0 Å². The molecule has 1 N–H and O–H groups in total. The largest absolute Gasteiger partial charge is 0.478 e. The number of aliphatic carboxylic acids is 1. The zero-order valence-corrected chi connectivity index (χ0v) is 10.2. The van der Waals surface area contributed by atoms with E-state index in [0.717, 1.165) is 22.8 Å². The minimum absolute atomic E-state index is 0.580. The van der Waals surface area contributed by atoms with E-state index in [9.17, 15) is 4.79 Å². The Morgan fingerprint density at radius 1 is 1.28 bits per heavy atom. The highest BCUT2D eigenvalue weighted by Gasteiger charge is 2.04. The van der Waals surface area contributed by atoms with Gasteiger partial charge < -0.3 is 5.11 Å². The molecule has 1 heterocycles. The molecule has 0 aliphatic rings. The first-order chi connectivity index (χ1) is 8.54. The number of carboxylic acids is 1. The maximum atomic E-state index is 10.4. The zero-order valence-electron chi connectivity index (χ0n) is 10.2. The molecule has 0 aliphatic carbocycles. The molecule has 0 fully saturated rings. The molecule has 0 bridgehead atoms. The Morgan fingerprint density at radius 3 is 2.56 bits per heavy atom. The van der Waals surface area contributed by atoms with Gasteiger partial charge >= 0.3 is 5.97 Å². The first-order valence-electron chi connectivity index (χ1n) is 5.45. The van der Waals surface area contributed by atoms with Crippen LogP contribution < -0.4 is 0 Å². The highest BCUT2D eigenvalue weighted by molar-refractivity contribution is 5.82. The number of carbonyl (C=O) groups is 1. The fourth-order valence-electron chi connectivity index (χ4n) is 1.72. The van der Waals surface area contributed by atoms with Crippen molar-refractivity contribution in [3.05, 3.63) is 41.7 Å². The molecule has 0 unspecified atom stereocenters. The summed E-state index contributed by atoms with van der Waals surface area (Å²) in [7, 11) is 0. The van der Waals surface area contributed by atoms with Crippen LogP contribution in [-0.4, -0.2) is 25.8 Å². The van der Waals surface area contributed by atoms with E-state index >= 15 is 0 Å². The summed E-state index contributed by atoms with van der Waals surface area (Å²) in [5, 5.41) is 12.7. The van der Waals surface area contributed by atoms with Crippen LogP contribution in [0.1, 0.15) is 11.1 Å². The Hall–Kier alpha value is -2.43. The molecule has 5 nitrogen and oxygen atoms in total. The van der Waals surface area contributed by atoms with Gasteiger partial charge in [-0.15, -0.1) is 5.10 Å². The third-order valence-electron chi connectivity index (χ3n) is 2.36. The van der Waals surface area contributed by atoms with Crippen molar-refractivity contribution < 1.29 is 9.90 Å². The number of hydrogen-bond acceptors (Lipinski definition) is 3. The number of nitrogens with zero attached hydrogens (tertiary/aromatic N) is 3. The van der Waals surface area contributed by atoms with E-state index in [-0.39, 0.29) is 0 Å². The smallest absolute Gasteiger partial charge is 0.329 e. The van der Waals surface area contributed by atoms with Crippen LogP contribution in [0.4, 0.5) is 0 Å². The van der Waals surface area contributed by atoms with Gasteiger partial charge in [0.05, 0.1) is 0 Å². The second-order valence-corrected chi connectivity index (χ2v) is 4.08. The van der Waals surface area contributed by atoms with Crippen molar-refractivity contribution in [2.75, 3.05) is 0 Å². The molecule has 18 heavy (non-hydrogen) atoms. The van der Waals surface area contributed by atoms with Gasteiger partial charge in [-0.1, -0.05) is 17.2 Å². The lowest BCUT2D eigenvalue weighted by Gasteiger charge is -2.00. The first-order valence-corrected chi connectivity index (χ1v) is 5.45. The number of aromatic nitrogens is 3. The monoisotopic (exact) mass is 243 g/mol. The van der Waals surface area contributed by atoms with Gasteiger partial charge in [0.15, 0.2) is 5.82 Å². The predicted molar refractivity (Wildman–Crippen MR) is 67.9 cm³/mol. The minimum atomic E-state index is -1.02. The number of aryl methyl sites for hydroxylation is 2. The average Bonchev–Trinajstić information content (AvgIpc) is 2.73. The Labute approximate surface area is 104 Å². The molecule has 0 saturated carbocycles. The lowest BCUT2D eigenvalue weighted by atomic mass is 10.1. The van der Waals surface area contributed by atoms with E-state index in [0.29, 0.717) is 5.82 Å². The van der Waals surface area contributed by atoms with Crippen molar-refractivity contribution in [3.8, 4) is 11.4 Å². The molecule has 0 radical (unpaired) electrons. The highest BCUT2D eigenvalue weighted by atomic mass is 16.4. The van der Waals surface area contributed by atoms with Gasteiger partial charge in [0.25, 0.3) is 0 Å². The van der Waals surface area contributed by atoms with Crippen molar-refractivity contribution >= 4 is 12.2 Å². The summed E-state index contributed by atoms with van der Waals surface area (Å²) in [4.78, 5) is 14.5. The van der Waals surface area contributed by atoms with E-state index in [2.05, 4.69) is 16.1 Å². The normalized spacial score (nSPS) is 11.0. The lowest BCUT2D eigenvalue weighted by Crippen LogP contribution is -1.92. The van der Waals surface area contributed by atoms with Crippen molar-refractivity contribution in [1.82, 2.24) is 14.8 Å². The van der Waals surface area contributed by atoms with Crippen molar-refractivity contribution in [2.45, 2.75) is 13.8 Å². The number of rotatable bonds is 3. The number of hydrogen-bond donors (Lipinski definition) is 1. The molecule has 1 aromatic carbocycles. The zero-order chi connectivity index (χ0) is 13.1. The van der Waals surface area contributed by atoms with Crippen LogP contribution in [0.15, 0.2) is 30.6 Å². The third kappa shape index (κ3) is 2.82. The molecule has 0 spiro atoms. The number of carboxylic acid groups (broad SMARTS) is 1. The minimum Gasteiger partial charge on any atom is -0.478 e. The Morgan fingerprint density at radius 2 is 1.94 bits per heavy atom. The summed E-state index contributed by atoms with van der Waals surface area (Å²) in [5.74, 6) is -0.435. The van der Waals surface area contributed by atoms with Crippen LogP contribution in [0, 0.1) is 13.8 Å². The quantitative estimate of drug-likeness (QED) is 0.838. The molecule has 2 rings (SSSR count). The molecular formula is C13H13N3O2. The molecule has 5 heteroatoms.